The Labute approximate surface area is 194 Å². The zero-order chi connectivity index (χ0) is 22.8. The smallest absolute Gasteiger partial charge is 0.316 e. The standard InChI is InChI=1S/C25H18ClN5O2/c26-19-7-9-20(10-8-19)31-25(32)24(22(15-29-31)30-13-12-28-16-30)33-23-11-6-18(14-21(23)27)17-4-2-1-3-5-17/h1-16H,27H2. The second-order valence-electron chi connectivity index (χ2n) is 7.24. The SMILES string of the molecule is Nc1cc(-c2ccccc2)ccc1Oc1c(-n2ccnc2)cnn(-c2ccc(Cl)cc2)c1=O. The van der Waals surface area contributed by atoms with E-state index in [1.165, 1.54) is 4.68 Å². The first-order valence-electron chi connectivity index (χ1n) is 10.1. The van der Waals surface area contributed by atoms with Gasteiger partial charge in [0.1, 0.15) is 5.69 Å². The number of benzene rings is 3. The van der Waals surface area contributed by atoms with Gasteiger partial charge in [-0.05, 0) is 47.5 Å². The molecule has 0 fully saturated rings. The fourth-order valence-corrected chi connectivity index (χ4v) is 3.56. The second-order valence-corrected chi connectivity index (χ2v) is 7.68. The number of nitrogen functional groups attached to an aromatic ring is 1. The summed E-state index contributed by atoms with van der Waals surface area (Å²) in [5.74, 6) is 0.430. The number of halogens is 1. The predicted molar refractivity (Wildman–Crippen MR) is 128 cm³/mol. The molecule has 0 aliphatic rings. The maximum atomic E-state index is 13.4. The topological polar surface area (TPSA) is 88.0 Å². The van der Waals surface area contributed by atoms with Crippen LogP contribution < -0.4 is 16.0 Å². The maximum Gasteiger partial charge on any atom is 0.316 e. The molecule has 0 aliphatic carbocycles. The Morgan fingerprint density at radius 1 is 0.939 bits per heavy atom. The van der Waals surface area contributed by atoms with E-state index in [-0.39, 0.29) is 5.75 Å². The fraction of sp³-hybridized carbons (Fsp3) is 0. The van der Waals surface area contributed by atoms with E-state index in [1.807, 2.05) is 42.5 Å². The first-order chi connectivity index (χ1) is 16.1. The first-order valence-corrected chi connectivity index (χ1v) is 10.5. The number of nitrogens with zero attached hydrogens (tertiary/aromatic N) is 4. The lowest BCUT2D eigenvalue weighted by Crippen LogP contribution is -2.24. The summed E-state index contributed by atoms with van der Waals surface area (Å²) in [5.41, 5.74) is 9.24. The molecule has 7 nitrogen and oxygen atoms in total. The van der Waals surface area contributed by atoms with Crippen LogP contribution >= 0.6 is 11.6 Å². The van der Waals surface area contributed by atoms with Crippen LogP contribution in [-0.4, -0.2) is 19.3 Å². The lowest BCUT2D eigenvalue weighted by molar-refractivity contribution is 0.467. The van der Waals surface area contributed by atoms with Crippen LogP contribution in [0.4, 0.5) is 5.69 Å². The van der Waals surface area contributed by atoms with Crippen molar-refractivity contribution in [3.8, 4) is 34.0 Å². The van der Waals surface area contributed by atoms with Crippen LogP contribution in [0.2, 0.25) is 5.02 Å². The van der Waals surface area contributed by atoms with Gasteiger partial charge in [0, 0.05) is 17.4 Å². The number of ether oxygens (including phenoxy) is 1. The van der Waals surface area contributed by atoms with Gasteiger partial charge in [-0.1, -0.05) is 48.0 Å². The molecule has 8 heteroatoms. The number of anilines is 1. The molecule has 3 aromatic carbocycles. The average Bonchev–Trinajstić information content (AvgIpc) is 3.37. The third-order valence-electron chi connectivity index (χ3n) is 5.10. The number of hydrogen-bond donors (Lipinski definition) is 1. The van der Waals surface area contributed by atoms with Crippen LogP contribution in [0, 0.1) is 0 Å². The monoisotopic (exact) mass is 455 g/mol. The third-order valence-corrected chi connectivity index (χ3v) is 5.35. The second kappa shape index (κ2) is 8.64. The van der Waals surface area contributed by atoms with Crippen molar-refractivity contribution in [2.24, 2.45) is 0 Å². The van der Waals surface area contributed by atoms with Crippen molar-refractivity contribution in [3.63, 3.8) is 0 Å². The number of rotatable bonds is 5. The molecule has 0 saturated heterocycles. The van der Waals surface area contributed by atoms with Gasteiger partial charge in [0.25, 0.3) is 0 Å². The number of imidazole rings is 1. The summed E-state index contributed by atoms with van der Waals surface area (Å²) in [5, 5.41) is 4.87. The Kier molecular flexibility index (Phi) is 5.38. The lowest BCUT2D eigenvalue weighted by atomic mass is 10.1. The summed E-state index contributed by atoms with van der Waals surface area (Å²) in [4.78, 5) is 17.5. The molecule has 2 heterocycles. The van der Waals surface area contributed by atoms with Gasteiger partial charge >= 0.3 is 5.56 Å². The highest BCUT2D eigenvalue weighted by atomic mass is 35.5. The zero-order valence-electron chi connectivity index (χ0n) is 17.3. The van der Waals surface area contributed by atoms with Gasteiger partial charge in [-0.25, -0.2) is 4.98 Å². The maximum absolute atomic E-state index is 13.4. The first kappa shape index (κ1) is 20.5. The summed E-state index contributed by atoms with van der Waals surface area (Å²) in [6, 6.07) is 22.1. The Bertz CT molecular complexity index is 1460. The van der Waals surface area contributed by atoms with Crippen molar-refractivity contribution in [2.75, 3.05) is 5.73 Å². The highest BCUT2D eigenvalue weighted by Gasteiger charge is 2.18. The molecule has 0 bridgehead atoms. The van der Waals surface area contributed by atoms with Crippen molar-refractivity contribution in [1.82, 2.24) is 19.3 Å². The van der Waals surface area contributed by atoms with Gasteiger partial charge in [-0.3, -0.25) is 4.79 Å². The van der Waals surface area contributed by atoms with Crippen molar-refractivity contribution in [3.05, 3.63) is 113 Å². The summed E-state index contributed by atoms with van der Waals surface area (Å²) >= 11 is 5.99. The Morgan fingerprint density at radius 2 is 1.73 bits per heavy atom. The highest BCUT2D eigenvalue weighted by molar-refractivity contribution is 6.30. The van der Waals surface area contributed by atoms with Crippen LogP contribution in [0.3, 0.4) is 0 Å². The third kappa shape index (κ3) is 4.09. The van der Waals surface area contributed by atoms with E-state index in [4.69, 9.17) is 22.1 Å². The Balaban J connectivity index is 1.60. The van der Waals surface area contributed by atoms with E-state index in [0.717, 1.165) is 11.1 Å². The Morgan fingerprint density at radius 3 is 2.42 bits per heavy atom. The van der Waals surface area contributed by atoms with Crippen LogP contribution in [0.25, 0.3) is 22.5 Å². The molecule has 0 atom stereocenters. The largest absolute Gasteiger partial charge is 0.447 e. The van der Waals surface area contributed by atoms with Crippen LogP contribution in [-0.2, 0) is 0 Å². The van der Waals surface area contributed by atoms with E-state index < -0.39 is 5.56 Å². The summed E-state index contributed by atoms with van der Waals surface area (Å²) < 4.78 is 9.01. The molecule has 0 amide bonds. The van der Waals surface area contributed by atoms with Gasteiger partial charge < -0.3 is 15.0 Å². The lowest BCUT2D eigenvalue weighted by Gasteiger charge is -2.15. The van der Waals surface area contributed by atoms with Crippen LogP contribution in [0.15, 0.2) is 103 Å². The summed E-state index contributed by atoms with van der Waals surface area (Å²) in [6.45, 7) is 0. The minimum absolute atomic E-state index is 0.0668. The van der Waals surface area contributed by atoms with Gasteiger partial charge in [-0.15, -0.1) is 0 Å². The molecular weight excluding hydrogens is 438 g/mol. The normalized spacial score (nSPS) is 10.8. The average molecular weight is 456 g/mol. The quantitative estimate of drug-likeness (QED) is 0.372. The molecule has 5 aromatic rings. The van der Waals surface area contributed by atoms with Crippen LogP contribution in [0.1, 0.15) is 0 Å². The van der Waals surface area contributed by atoms with E-state index in [0.29, 0.717) is 27.8 Å². The van der Waals surface area contributed by atoms with Crippen molar-refractivity contribution in [2.45, 2.75) is 0 Å². The van der Waals surface area contributed by atoms with Gasteiger partial charge in [0.05, 0.1) is 23.9 Å². The number of aromatic nitrogens is 4. The molecule has 2 N–H and O–H groups in total. The molecule has 0 unspecified atom stereocenters. The molecular formula is C25H18ClN5O2. The number of nitrogens with two attached hydrogens (primary N) is 1. The van der Waals surface area contributed by atoms with E-state index in [2.05, 4.69) is 10.1 Å². The fourth-order valence-electron chi connectivity index (χ4n) is 3.44. The van der Waals surface area contributed by atoms with E-state index in [1.54, 1.807) is 59.8 Å². The summed E-state index contributed by atoms with van der Waals surface area (Å²) in [6.07, 6.45) is 6.43. The minimum Gasteiger partial charge on any atom is -0.447 e. The van der Waals surface area contributed by atoms with E-state index >= 15 is 0 Å². The van der Waals surface area contributed by atoms with Crippen molar-refractivity contribution >= 4 is 17.3 Å². The molecule has 0 aliphatic heterocycles. The van der Waals surface area contributed by atoms with Crippen molar-refractivity contribution < 1.29 is 4.74 Å². The predicted octanol–water partition coefficient (Wildman–Crippen LogP) is 5.11. The minimum atomic E-state index is -0.449. The molecule has 2 aromatic heterocycles. The van der Waals surface area contributed by atoms with Gasteiger partial charge in [-0.2, -0.15) is 9.78 Å². The molecule has 0 saturated carbocycles. The van der Waals surface area contributed by atoms with Gasteiger partial charge in [0.15, 0.2) is 5.75 Å². The zero-order valence-corrected chi connectivity index (χ0v) is 18.1. The van der Waals surface area contributed by atoms with E-state index in [9.17, 15) is 4.79 Å². The van der Waals surface area contributed by atoms with Crippen molar-refractivity contribution in [1.29, 1.82) is 0 Å². The summed E-state index contributed by atoms with van der Waals surface area (Å²) in [7, 11) is 0. The molecule has 162 valence electrons. The molecule has 0 radical (unpaired) electrons. The molecule has 0 spiro atoms. The van der Waals surface area contributed by atoms with Gasteiger partial charge in [0.2, 0.25) is 5.75 Å². The Hall–Kier alpha value is -4.36. The molecule has 5 rings (SSSR count). The van der Waals surface area contributed by atoms with Crippen LogP contribution in [0.5, 0.6) is 11.5 Å². The highest BCUT2D eigenvalue weighted by Crippen LogP contribution is 2.33. The molecule has 33 heavy (non-hydrogen) atoms. The number of hydrogen-bond acceptors (Lipinski definition) is 5.